The van der Waals surface area contributed by atoms with Gasteiger partial charge in [0.1, 0.15) is 0 Å². The highest BCUT2D eigenvalue weighted by Gasteiger charge is 2.22. The lowest BCUT2D eigenvalue weighted by atomic mass is 9.84. The zero-order valence-electron chi connectivity index (χ0n) is 40.6. The molecule has 0 saturated carbocycles. The van der Waals surface area contributed by atoms with Crippen molar-refractivity contribution in [1.82, 2.24) is 4.57 Å². The summed E-state index contributed by atoms with van der Waals surface area (Å²) in [5.41, 5.74) is 18.9. The van der Waals surface area contributed by atoms with Crippen LogP contribution in [0.2, 0.25) is 0 Å². The molecule has 13 aromatic carbocycles. The Kier molecular flexibility index (Phi) is 10.6. The molecule has 0 amide bonds. The standard InChI is InChI=1S/C72H48N2/c1-5-19-49(20-6-1)52-33-35-53(36-34-52)71-61-29-15-17-31-63(61)72(64-32-18-16-30-62(64)71)65-43-46-68(60-28-14-13-27-59(60)65)73(56-25-11-4-12-26-56)57-39-41-58(42-40-57)74-69-44-37-54(50-21-7-2-8-22-50)47-66(69)67-48-55(38-45-70(67)74)51-23-9-3-10-24-51/h1-48H. The third-order valence-electron chi connectivity index (χ3n) is 15.0. The van der Waals surface area contributed by atoms with E-state index >= 15 is 0 Å². The van der Waals surface area contributed by atoms with E-state index in [4.69, 9.17) is 0 Å². The van der Waals surface area contributed by atoms with Crippen LogP contribution < -0.4 is 4.90 Å². The van der Waals surface area contributed by atoms with Gasteiger partial charge in [0.25, 0.3) is 0 Å². The van der Waals surface area contributed by atoms with Gasteiger partial charge in [-0.1, -0.05) is 224 Å². The maximum absolute atomic E-state index is 2.43. The third-order valence-corrected chi connectivity index (χ3v) is 15.0. The molecule has 0 bridgehead atoms. The van der Waals surface area contributed by atoms with Gasteiger partial charge in [0.15, 0.2) is 0 Å². The summed E-state index contributed by atoms with van der Waals surface area (Å²) in [5, 5.41) is 9.79. The number of hydrogen-bond donors (Lipinski definition) is 0. The van der Waals surface area contributed by atoms with Crippen molar-refractivity contribution < 1.29 is 0 Å². The van der Waals surface area contributed by atoms with Crippen LogP contribution in [0.25, 0.3) is 115 Å². The summed E-state index contributed by atoms with van der Waals surface area (Å²) >= 11 is 0. The van der Waals surface area contributed by atoms with Crippen LogP contribution in [0.4, 0.5) is 17.1 Å². The highest BCUT2D eigenvalue weighted by atomic mass is 15.1. The van der Waals surface area contributed by atoms with Gasteiger partial charge in [-0.15, -0.1) is 0 Å². The molecule has 0 radical (unpaired) electrons. The number of para-hydroxylation sites is 1. The van der Waals surface area contributed by atoms with Crippen molar-refractivity contribution in [3.8, 4) is 61.3 Å². The second kappa shape index (κ2) is 18.1. The number of fused-ring (bicyclic) bond motifs is 6. The first kappa shape index (κ1) is 43.1. The van der Waals surface area contributed by atoms with Gasteiger partial charge in [-0.05, 0) is 149 Å². The van der Waals surface area contributed by atoms with Gasteiger partial charge in [-0.3, -0.25) is 0 Å². The molecule has 0 unspecified atom stereocenters. The molecule has 74 heavy (non-hydrogen) atoms. The first-order chi connectivity index (χ1) is 36.7. The second-order valence-electron chi connectivity index (χ2n) is 19.2. The van der Waals surface area contributed by atoms with Crippen LogP contribution in [0, 0.1) is 0 Å². The molecule has 2 heteroatoms. The van der Waals surface area contributed by atoms with Gasteiger partial charge in [0.2, 0.25) is 0 Å². The van der Waals surface area contributed by atoms with Crippen molar-refractivity contribution in [2.45, 2.75) is 0 Å². The van der Waals surface area contributed by atoms with Crippen molar-refractivity contribution in [3.05, 3.63) is 291 Å². The molecule has 346 valence electrons. The van der Waals surface area contributed by atoms with Crippen molar-refractivity contribution in [1.29, 1.82) is 0 Å². The molecule has 14 rings (SSSR count). The topological polar surface area (TPSA) is 8.17 Å². The maximum Gasteiger partial charge on any atom is 0.0541 e. The van der Waals surface area contributed by atoms with Crippen LogP contribution in [-0.2, 0) is 0 Å². The minimum absolute atomic E-state index is 1.08. The number of rotatable bonds is 9. The predicted molar refractivity (Wildman–Crippen MR) is 315 cm³/mol. The fourth-order valence-corrected chi connectivity index (χ4v) is 11.6. The predicted octanol–water partition coefficient (Wildman–Crippen LogP) is 20.0. The molecule has 0 spiro atoms. The van der Waals surface area contributed by atoms with Crippen molar-refractivity contribution in [3.63, 3.8) is 0 Å². The van der Waals surface area contributed by atoms with Gasteiger partial charge in [-0.25, -0.2) is 0 Å². The van der Waals surface area contributed by atoms with Crippen LogP contribution in [0.15, 0.2) is 291 Å². The first-order valence-corrected chi connectivity index (χ1v) is 25.5. The minimum Gasteiger partial charge on any atom is -0.310 e. The average molecular weight is 941 g/mol. The molecule has 0 saturated heterocycles. The van der Waals surface area contributed by atoms with Crippen LogP contribution in [0.3, 0.4) is 0 Å². The maximum atomic E-state index is 2.43. The van der Waals surface area contributed by atoms with Gasteiger partial charge in [0, 0.05) is 33.2 Å². The third kappa shape index (κ3) is 7.35. The van der Waals surface area contributed by atoms with E-state index < -0.39 is 0 Å². The summed E-state index contributed by atoms with van der Waals surface area (Å²) in [5.74, 6) is 0. The number of hydrogen-bond acceptors (Lipinski definition) is 1. The van der Waals surface area contributed by atoms with E-state index in [1.54, 1.807) is 0 Å². The Hall–Kier alpha value is -9.76. The zero-order chi connectivity index (χ0) is 49.0. The molecule has 0 N–H and O–H groups in total. The van der Waals surface area contributed by atoms with E-state index in [1.165, 1.54) is 110 Å². The molecule has 0 fully saturated rings. The molecular formula is C72H48N2. The fraction of sp³-hybridized carbons (Fsp3) is 0. The summed E-state index contributed by atoms with van der Waals surface area (Å²) in [6.45, 7) is 0. The SMILES string of the molecule is c1ccc(-c2ccc(-c3c4ccccc4c(-c4ccc(N(c5ccccc5)c5ccc(-n6c7ccc(-c8ccccc8)cc7c7cc(-c8ccccc8)ccc76)cc5)c5ccccc45)c4ccccc34)cc2)cc1. The molecule has 1 heterocycles. The first-order valence-electron chi connectivity index (χ1n) is 25.5. The average Bonchev–Trinajstić information content (AvgIpc) is 3.81. The molecule has 0 aliphatic carbocycles. The van der Waals surface area contributed by atoms with E-state index in [1.807, 2.05) is 0 Å². The lowest BCUT2D eigenvalue weighted by Crippen LogP contribution is -2.10. The second-order valence-corrected chi connectivity index (χ2v) is 19.2. The van der Waals surface area contributed by atoms with E-state index in [0.717, 1.165) is 22.7 Å². The van der Waals surface area contributed by atoms with Crippen LogP contribution in [-0.4, -0.2) is 4.57 Å². The summed E-state index contributed by atoms with van der Waals surface area (Å²) < 4.78 is 2.43. The van der Waals surface area contributed by atoms with E-state index in [-0.39, 0.29) is 0 Å². The summed E-state index contributed by atoms with van der Waals surface area (Å²) in [7, 11) is 0. The fourth-order valence-electron chi connectivity index (χ4n) is 11.6. The molecule has 0 atom stereocenters. The zero-order valence-corrected chi connectivity index (χ0v) is 40.6. The van der Waals surface area contributed by atoms with Gasteiger partial charge >= 0.3 is 0 Å². The molecule has 2 nitrogen and oxygen atoms in total. The minimum atomic E-state index is 1.08. The Labute approximate surface area is 430 Å². The highest BCUT2D eigenvalue weighted by Crippen LogP contribution is 2.48. The molecule has 14 aromatic rings. The quantitative estimate of drug-likeness (QED) is 0.131. The molecule has 1 aromatic heterocycles. The lowest BCUT2D eigenvalue weighted by molar-refractivity contribution is 1.17. The van der Waals surface area contributed by atoms with E-state index in [0.29, 0.717) is 0 Å². The Morgan fingerprint density at radius 3 is 1.12 bits per heavy atom. The van der Waals surface area contributed by atoms with E-state index in [2.05, 4.69) is 301 Å². The largest absolute Gasteiger partial charge is 0.310 e. The van der Waals surface area contributed by atoms with E-state index in [9.17, 15) is 0 Å². The Morgan fingerprint density at radius 2 is 0.608 bits per heavy atom. The van der Waals surface area contributed by atoms with Gasteiger partial charge in [0.05, 0.1) is 16.7 Å². The summed E-state index contributed by atoms with van der Waals surface area (Å²) in [6.07, 6.45) is 0. The van der Waals surface area contributed by atoms with Crippen molar-refractivity contribution in [2.75, 3.05) is 4.90 Å². The number of nitrogens with zero attached hydrogens (tertiary/aromatic N) is 2. The molecule has 0 aliphatic heterocycles. The Morgan fingerprint density at radius 1 is 0.230 bits per heavy atom. The Balaban J connectivity index is 0.908. The van der Waals surface area contributed by atoms with Gasteiger partial charge in [-0.2, -0.15) is 0 Å². The monoisotopic (exact) mass is 940 g/mol. The lowest BCUT2D eigenvalue weighted by Gasteiger charge is -2.28. The number of anilines is 3. The van der Waals surface area contributed by atoms with Crippen LogP contribution in [0.1, 0.15) is 0 Å². The highest BCUT2D eigenvalue weighted by molar-refractivity contribution is 6.24. The van der Waals surface area contributed by atoms with Gasteiger partial charge < -0.3 is 9.47 Å². The summed E-state index contributed by atoms with van der Waals surface area (Å²) in [4.78, 5) is 2.42. The van der Waals surface area contributed by atoms with Crippen LogP contribution >= 0.6 is 0 Å². The number of aromatic nitrogens is 1. The number of benzene rings is 13. The molecule has 0 aliphatic rings. The molecular weight excluding hydrogens is 893 g/mol. The summed E-state index contributed by atoms with van der Waals surface area (Å²) in [6, 6.07) is 106. The van der Waals surface area contributed by atoms with Crippen molar-refractivity contribution in [2.24, 2.45) is 0 Å². The Bertz CT molecular complexity index is 4220. The normalized spacial score (nSPS) is 11.5. The smallest absolute Gasteiger partial charge is 0.0541 e. The van der Waals surface area contributed by atoms with Crippen LogP contribution in [0.5, 0.6) is 0 Å². The van der Waals surface area contributed by atoms with Crippen molar-refractivity contribution >= 4 is 71.2 Å².